The van der Waals surface area contributed by atoms with E-state index in [1.807, 2.05) is 42.5 Å². The van der Waals surface area contributed by atoms with Crippen LogP contribution in [0.5, 0.6) is 0 Å². The number of carbonyl (C=O) groups excluding carboxylic acids is 3. The van der Waals surface area contributed by atoms with Gasteiger partial charge < -0.3 is 14.5 Å². The quantitative estimate of drug-likeness (QED) is 0.556. The first-order valence-corrected chi connectivity index (χ1v) is 8.72. The van der Waals surface area contributed by atoms with Crippen molar-refractivity contribution in [1.82, 2.24) is 10.2 Å². The molecule has 0 aliphatic carbocycles. The Morgan fingerprint density at radius 3 is 2.68 bits per heavy atom. The highest BCUT2D eigenvalue weighted by atomic mass is 16.5. The fourth-order valence-electron chi connectivity index (χ4n) is 3.58. The predicted molar refractivity (Wildman–Crippen MR) is 100 cm³/mol. The van der Waals surface area contributed by atoms with Gasteiger partial charge in [0, 0.05) is 0 Å². The number of ether oxygens (including phenoxy) is 1. The predicted octanol–water partition coefficient (Wildman–Crippen LogP) is 3.19. The maximum Gasteiger partial charge on any atom is 0.341 e. The van der Waals surface area contributed by atoms with Crippen molar-refractivity contribution < 1.29 is 23.5 Å². The van der Waals surface area contributed by atoms with Crippen LogP contribution in [0.4, 0.5) is 4.79 Å². The molecule has 142 valence electrons. The van der Waals surface area contributed by atoms with Gasteiger partial charge in [-0.1, -0.05) is 42.5 Å². The van der Waals surface area contributed by atoms with Gasteiger partial charge in [-0.05, 0) is 29.3 Å². The molecule has 1 unspecified atom stereocenters. The highest BCUT2D eigenvalue weighted by Gasteiger charge is 2.50. The first kappa shape index (κ1) is 17.8. The number of imide groups is 1. The van der Waals surface area contributed by atoms with Gasteiger partial charge in [-0.2, -0.15) is 0 Å². The number of nitrogens with zero attached hydrogens (tertiary/aromatic N) is 1. The van der Waals surface area contributed by atoms with E-state index in [4.69, 9.17) is 9.15 Å². The molecule has 1 atom stereocenters. The summed E-state index contributed by atoms with van der Waals surface area (Å²) >= 11 is 0. The third kappa shape index (κ3) is 2.63. The van der Waals surface area contributed by atoms with Crippen LogP contribution in [0.25, 0.3) is 10.8 Å². The summed E-state index contributed by atoms with van der Waals surface area (Å²) in [5, 5.41) is 4.65. The molecule has 1 saturated heterocycles. The van der Waals surface area contributed by atoms with Crippen LogP contribution in [0.3, 0.4) is 0 Å². The summed E-state index contributed by atoms with van der Waals surface area (Å²) in [7, 11) is 1.25. The van der Waals surface area contributed by atoms with E-state index >= 15 is 0 Å². The molecule has 3 amide bonds. The van der Waals surface area contributed by atoms with Crippen molar-refractivity contribution in [2.75, 3.05) is 7.11 Å². The summed E-state index contributed by atoms with van der Waals surface area (Å²) in [6, 6.07) is 14.2. The van der Waals surface area contributed by atoms with E-state index in [0.29, 0.717) is 5.56 Å². The second-order valence-electron chi connectivity index (χ2n) is 6.72. The van der Waals surface area contributed by atoms with Crippen LogP contribution in [0, 0.1) is 0 Å². The number of hydrogen-bond acceptors (Lipinski definition) is 5. The van der Waals surface area contributed by atoms with E-state index in [9.17, 15) is 14.4 Å². The van der Waals surface area contributed by atoms with Gasteiger partial charge in [-0.25, -0.2) is 9.59 Å². The lowest BCUT2D eigenvalue weighted by atomic mass is 9.88. The number of amides is 3. The summed E-state index contributed by atoms with van der Waals surface area (Å²) < 4.78 is 10.0. The van der Waals surface area contributed by atoms with Crippen LogP contribution in [0.15, 0.2) is 59.2 Å². The average molecular weight is 378 g/mol. The highest BCUT2D eigenvalue weighted by molar-refractivity contribution is 6.09. The number of furan rings is 1. The normalized spacial score (nSPS) is 19.1. The second-order valence-corrected chi connectivity index (χ2v) is 6.72. The molecule has 1 aliphatic rings. The molecule has 4 rings (SSSR count). The first-order valence-electron chi connectivity index (χ1n) is 8.72. The van der Waals surface area contributed by atoms with E-state index in [-0.39, 0.29) is 17.9 Å². The van der Waals surface area contributed by atoms with Gasteiger partial charge in [0.1, 0.15) is 16.9 Å². The molecule has 3 aromatic rings. The zero-order valence-electron chi connectivity index (χ0n) is 15.4. The van der Waals surface area contributed by atoms with Gasteiger partial charge in [0.2, 0.25) is 0 Å². The lowest BCUT2D eigenvalue weighted by molar-refractivity contribution is -0.131. The molecular weight excluding hydrogens is 360 g/mol. The monoisotopic (exact) mass is 378 g/mol. The van der Waals surface area contributed by atoms with Gasteiger partial charge in [-0.15, -0.1) is 0 Å². The Hall–Kier alpha value is -3.61. The lowest BCUT2D eigenvalue weighted by Crippen LogP contribution is -2.41. The van der Waals surface area contributed by atoms with Crippen molar-refractivity contribution in [3.8, 4) is 0 Å². The molecule has 1 fully saturated rings. The smallest absolute Gasteiger partial charge is 0.341 e. The van der Waals surface area contributed by atoms with Gasteiger partial charge in [0.15, 0.2) is 0 Å². The minimum Gasteiger partial charge on any atom is -0.467 e. The first-order chi connectivity index (χ1) is 13.5. The topological polar surface area (TPSA) is 88.8 Å². The fourth-order valence-corrected chi connectivity index (χ4v) is 3.58. The highest BCUT2D eigenvalue weighted by Crippen LogP contribution is 2.34. The van der Waals surface area contributed by atoms with Crippen LogP contribution >= 0.6 is 0 Å². The largest absolute Gasteiger partial charge is 0.467 e. The van der Waals surface area contributed by atoms with Gasteiger partial charge in [-0.3, -0.25) is 9.69 Å². The SMILES string of the molecule is COC(=O)c1ccoc1CN1C(=O)NC(C)(c2cccc3ccccc23)C1=O. The van der Waals surface area contributed by atoms with Crippen molar-refractivity contribution in [3.63, 3.8) is 0 Å². The Balaban J connectivity index is 1.71. The van der Waals surface area contributed by atoms with Crippen LogP contribution < -0.4 is 5.32 Å². The third-order valence-electron chi connectivity index (χ3n) is 5.06. The lowest BCUT2D eigenvalue weighted by Gasteiger charge is -2.24. The molecule has 0 saturated carbocycles. The Morgan fingerprint density at radius 1 is 1.14 bits per heavy atom. The third-order valence-corrected chi connectivity index (χ3v) is 5.06. The molecule has 2 aromatic carbocycles. The van der Waals surface area contributed by atoms with E-state index in [1.165, 1.54) is 19.4 Å². The zero-order valence-corrected chi connectivity index (χ0v) is 15.4. The number of fused-ring (bicyclic) bond motifs is 1. The zero-order chi connectivity index (χ0) is 19.9. The molecule has 0 spiro atoms. The van der Waals surface area contributed by atoms with E-state index in [1.54, 1.807) is 6.92 Å². The molecule has 1 aliphatic heterocycles. The van der Waals surface area contributed by atoms with Crippen molar-refractivity contribution in [3.05, 3.63) is 71.7 Å². The van der Waals surface area contributed by atoms with Gasteiger partial charge >= 0.3 is 12.0 Å². The Labute approximate surface area is 160 Å². The molecule has 7 heteroatoms. The maximum absolute atomic E-state index is 13.2. The van der Waals surface area contributed by atoms with E-state index in [0.717, 1.165) is 15.7 Å². The molecule has 1 N–H and O–H groups in total. The van der Waals surface area contributed by atoms with E-state index < -0.39 is 23.4 Å². The molecule has 2 heterocycles. The summed E-state index contributed by atoms with van der Waals surface area (Å²) in [4.78, 5) is 38.8. The number of urea groups is 1. The number of hydrogen-bond donors (Lipinski definition) is 1. The minimum atomic E-state index is -1.23. The number of nitrogens with one attached hydrogen (secondary N) is 1. The molecule has 0 radical (unpaired) electrons. The Bertz CT molecular complexity index is 1100. The number of carbonyl (C=O) groups is 3. The van der Waals surface area contributed by atoms with E-state index in [2.05, 4.69) is 5.32 Å². The number of methoxy groups -OCH3 is 1. The molecule has 1 aromatic heterocycles. The average Bonchev–Trinajstić information content (AvgIpc) is 3.26. The molecule has 0 bridgehead atoms. The molecule has 28 heavy (non-hydrogen) atoms. The fraction of sp³-hybridized carbons (Fsp3) is 0.190. The number of benzene rings is 2. The molecule has 7 nitrogen and oxygen atoms in total. The van der Waals surface area contributed by atoms with Gasteiger partial charge in [0.05, 0.1) is 19.9 Å². The summed E-state index contributed by atoms with van der Waals surface area (Å²) in [6.45, 7) is 1.51. The van der Waals surface area contributed by atoms with Crippen LogP contribution in [-0.2, 0) is 21.6 Å². The molecular formula is C21H18N2O5. The maximum atomic E-state index is 13.2. The summed E-state index contributed by atoms with van der Waals surface area (Å²) in [5.41, 5.74) is -0.336. The van der Waals surface area contributed by atoms with Crippen LogP contribution in [0.2, 0.25) is 0 Å². The summed E-state index contributed by atoms with van der Waals surface area (Å²) in [6.07, 6.45) is 1.32. The second kappa shape index (κ2) is 6.53. The Kier molecular flexibility index (Phi) is 4.15. The Morgan fingerprint density at radius 2 is 1.89 bits per heavy atom. The van der Waals surface area contributed by atoms with Crippen LogP contribution in [0.1, 0.15) is 28.6 Å². The van der Waals surface area contributed by atoms with Crippen LogP contribution in [-0.4, -0.2) is 29.9 Å². The minimum absolute atomic E-state index is 0.164. The van der Waals surface area contributed by atoms with Crippen molar-refractivity contribution in [1.29, 1.82) is 0 Å². The van der Waals surface area contributed by atoms with Gasteiger partial charge in [0.25, 0.3) is 5.91 Å². The van der Waals surface area contributed by atoms with Crippen molar-refractivity contribution in [2.45, 2.75) is 19.0 Å². The standard InChI is InChI=1S/C21H18N2O5/c1-21(16-9-5-7-13-6-3-4-8-14(13)16)19(25)23(20(26)22-21)12-17-15(10-11-28-17)18(24)27-2/h3-11H,12H2,1-2H3,(H,22,26). The number of rotatable bonds is 4. The summed E-state index contributed by atoms with van der Waals surface area (Å²) in [5.74, 6) is -0.814. The van der Waals surface area contributed by atoms with Crippen molar-refractivity contribution >= 4 is 28.7 Å². The van der Waals surface area contributed by atoms with Crippen molar-refractivity contribution in [2.24, 2.45) is 0 Å². The number of esters is 1.